The molecule has 0 bridgehead atoms. The minimum Gasteiger partial charge on any atom is -0.457 e. The first kappa shape index (κ1) is 24.3. The summed E-state index contributed by atoms with van der Waals surface area (Å²) >= 11 is 0. The molecule has 0 radical (unpaired) electrons. The van der Waals surface area contributed by atoms with Gasteiger partial charge in [0, 0.05) is 17.7 Å². The molecule has 28 heavy (non-hydrogen) atoms. The van der Waals surface area contributed by atoms with Crippen LogP contribution in [0.5, 0.6) is 28.7 Å². The third kappa shape index (κ3) is 5.89. The van der Waals surface area contributed by atoms with Crippen molar-refractivity contribution in [3.05, 3.63) is 40.6 Å². The molecule has 0 amide bonds. The summed E-state index contributed by atoms with van der Waals surface area (Å²) in [5, 5.41) is 47.6. The van der Waals surface area contributed by atoms with E-state index in [4.69, 9.17) is 44.8 Å². The van der Waals surface area contributed by atoms with Gasteiger partial charge in [-0.05, 0) is 18.2 Å². The fourth-order valence-corrected chi connectivity index (χ4v) is 2.14. The van der Waals surface area contributed by atoms with E-state index in [1.54, 1.807) is 0 Å². The van der Waals surface area contributed by atoms with Gasteiger partial charge in [-0.2, -0.15) is 0 Å². The van der Waals surface area contributed by atoms with Crippen molar-refractivity contribution in [1.82, 2.24) is 0 Å². The Hall–Kier alpha value is -1.71. The Kier molecular flexibility index (Phi) is 7.99. The number of aromatic hydroxyl groups is 5. The Morgan fingerprint density at radius 1 is 0.821 bits per heavy atom. The molecule has 0 unspecified atom stereocenters. The number of halogens is 4. The summed E-state index contributed by atoms with van der Waals surface area (Å²) in [5.74, 6) is -2.71. The predicted molar refractivity (Wildman–Crippen MR) is 105 cm³/mol. The molecule has 13 heteroatoms. The zero-order valence-corrected chi connectivity index (χ0v) is 17.5. The average Bonchev–Trinajstić information content (AvgIpc) is 2.51. The van der Waals surface area contributed by atoms with Crippen molar-refractivity contribution in [2.75, 3.05) is 0 Å². The van der Waals surface area contributed by atoms with Gasteiger partial charge in [0.05, 0.1) is 0 Å². The van der Waals surface area contributed by atoms with Crippen molar-refractivity contribution >= 4 is 51.4 Å². The molecule has 2 aromatic carbocycles. The van der Waals surface area contributed by atoms with E-state index in [2.05, 4.69) is 0 Å². The monoisotopic (exact) mass is 517 g/mol. The van der Waals surface area contributed by atoms with Crippen LogP contribution in [0.1, 0.15) is 0 Å². The molecule has 0 aliphatic carbocycles. The topological polar surface area (TPSA) is 164 Å². The van der Waals surface area contributed by atoms with E-state index in [1.807, 2.05) is 0 Å². The number of fused-ring (bicyclic) bond motifs is 1. The molecule has 0 spiro atoms. The number of hydrogen-bond acceptors (Lipinski definition) is 7. The van der Waals surface area contributed by atoms with Gasteiger partial charge in [0.2, 0.25) is 11.2 Å². The summed E-state index contributed by atoms with van der Waals surface area (Å²) < 4.78 is 5.35. The standard InChI is InChI=1S/C15H10O7.4ClH.Fe.H2O/c16-7-4-10(19)12-11(5-7)22-15(14(21)13(12)20)6-1-2-8(17)9(18)3-6;;;;;;/h1-5,16-19,21H;4*1H;;1H2/q;;;;;+4;/p-3. The molecule has 0 saturated heterocycles. The number of phenolic OH excluding ortho intramolecular Hbond substituents is 4. The normalized spacial score (nSPS) is 11.3. The van der Waals surface area contributed by atoms with E-state index in [-0.39, 0.29) is 39.3 Å². The molecule has 8 N–H and O–H groups in total. The van der Waals surface area contributed by atoms with Crippen molar-refractivity contribution in [1.29, 1.82) is 0 Å². The van der Waals surface area contributed by atoms with E-state index in [0.29, 0.717) is 0 Å². The van der Waals surface area contributed by atoms with Gasteiger partial charge < -0.3 is 35.4 Å². The van der Waals surface area contributed by atoms with Crippen LogP contribution >= 0.6 is 40.4 Å². The number of hydrogen-bond donors (Lipinski definition) is 5. The van der Waals surface area contributed by atoms with E-state index >= 15 is 0 Å². The van der Waals surface area contributed by atoms with E-state index in [1.165, 1.54) is 6.07 Å². The predicted octanol–water partition coefficient (Wildman–Crippen LogP) is 3.82. The van der Waals surface area contributed by atoms with Crippen LogP contribution in [0.2, 0.25) is 0 Å². The summed E-state index contributed by atoms with van der Waals surface area (Å²) in [6.07, 6.45) is 0. The van der Waals surface area contributed by atoms with Crippen molar-refractivity contribution in [3.63, 3.8) is 0 Å². The second-order valence-electron chi connectivity index (χ2n) is 4.95. The third-order valence-electron chi connectivity index (χ3n) is 3.17. The van der Waals surface area contributed by atoms with Crippen LogP contribution in [0.3, 0.4) is 0 Å². The van der Waals surface area contributed by atoms with E-state index in [0.717, 1.165) is 24.3 Å². The van der Waals surface area contributed by atoms with Gasteiger partial charge in [0.1, 0.15) is 22.5 Å². The molecule has 156 valence electrons. The number of benzene rings is 2. The van der Waals surface area contributed by atoms with Gasteiger partial charge in [-0.25, -0.2) is 0 Å². The van der Waals surface area contributed by atoms with Gasteiger partial charge >= 0.3 is 49.6 Å². The fourth-order valence-electron chi connectivity index (χ4n) is 2.14. The Bertz CT molecular complexity index is 1060. The van der Waals surface area contributed by atoms with Crippen LogP contribution in [0.25, 0.3) is 22.3 Å². The molecule has 0 aliphatic heterocycles. The summed E-state index contributed by atoms with van der Waals surface area (Å²) in [4.78, 5) is 12.1. The molecule has 0 saturated carbocycles. The maximum absolute atomic E-state index is 12.1. The summed E-state index contributed by atoms with van der Waals surface area (Å²) in [6, 6.07) is 5.64. The Balaban J connectivity index is 0.000000584. The fraction of sp³-hybridized carbons (Fsp3) is 0. The van der Waals surface area contributed by atoms with Crippen molar-refractivity contribution in [2.45, 2.75) is 0 Å². The van der Waals surface area contributed by atoms with Crippen LogP contribution < -0.4 is 5.43 Å². The van der Waals surface area contributed by atoms with Crippen LogP contribution in [-0.2, 0) is 14.7 Å². The molecule has 3 aromatic rings. The van der Waals surface area contributed by atoms with Crippen LogP contribution in [-0.4, -0.2) is 25.5 Å². The molecule has 0 fully saturated rings. The number of rotatable bonds is 1. The van der Waals surface area contributed by atoms with Gasteiger partial charge in [-0.1, -0.05) is 0 Å². The first-order valence-electron chi connectivity index (χ1n) is 6.66. The zero-order chi connectivity index (χ0) is 20.5. The molecule has 0 atom stereocenters. The van der Waals surface area contributed by atoms with Crippen molar-refractivity contribution in [2.24, 2.45) is 0 Å². The molecule has 1 aromatic heterocycles. The zero-order valence-electron chi connectivity index (χ0n) is 13.4. The summed E-state index contributed by atoms with van der Waals surface area (Å²) in [7, 11) is 17.2. The maximum atomic E-state index is 12.1. The Morgan fingerprint density at radius 2 is 1.39 bits per heavy atom. The van der Waals surface area contributed by atoms with Crippen molar-refractivity contribution < 1.29 is 44.6 Å². The van der Waals surface area contributed by atoms with Crippen LogP contribution in [0, 0.1) is 0 Å². The van der Waals surface area contributed by atoms with Crippen LogP contribution in [0.4, 0.5) is 0 Å². The largest absolute Gasteiger partial charge is 0.457 e. The molecule has 0 aliphatic rings. The van der Waals surface area contributed by atoms with Crippen molar-refractivity contribution in [3.8, 4) is 40.1 Å². The molecule has 3 rings (SSSR count). The minimum atomic E-state index is -2.61. The Morgan fingerprint density at radius 3 is 1.93 bits per heavy atom. The third-order valence-corrected chi connectivity index (χ3v) is 3.17. The molecule has 1 heterocycles. The Labute approximate surface area is 176 Å². The quantitative estimate of drug-likeness (QED) is 0.185. The summed E-state index contributed by atoms with van der Waals surface area (Å²) in [6.45, 7) is 0. The van der Waals surface area contributed by atoms with Crippen LogP contribution in [0.15, 0.2) is 39.5 Å². The molecular weight excluding hydrogens is 506 g/mol. The second-order valence-corrected chi connectivity index (χ2v) is 15.9. The van der Waals surface area contributed by atoms with Gasteiger partial charge in [0.25, 0.3) is 0 Å². The minimum absolute atomic E-state index is 0. The summed E-state index contributed by atoms with van der Waals surface area (Å²) in [5.41, 5.74) is -0.890. The maximum Gasteiger partial charge on any atom is -0.457 e. The SMILES string of the molecule is O=c1c(O)c(-c2ccc(O)c(O)c2)oc2cc(O)cc(O)c12.[Cl][Fe]([Cl])([Cl])[Cl].[OH3+]. The average molecular weight is 519 g/mol. The smallest absolute Gasteiger partial charge is 0.457 e. The second kappa shape index (κ2) is 9.19. The molecular formula is C15H13Cl4FeO8+. The van der Waals surface area contributed by atoms with Gasteiger partial charge in [-0.15, -0.1) is 0 Å². The van der Waals surface area contributed by atoms with Gasteiger partial charge in [0.15, 0.2) is 17.3 Å². The van der Waals surface area contributed by atoms with E-state index in [9.17, 15) is 30.3 Å². The van der Waals surface area contributed by atoms with Gasteiger partial charge in [-0.3, -0.25) is 4.79 Å². The van der Waals surface area contributed by atoms with E-state index < -0.39 is 31.9 Å². The first-order chi connectivity index (χ1) is 12.4. The number of phenols is 4. The first-order valence-corrected chi connectivity index (χ1v) is 12.7. The molecule has 8 nitrogen and oxygen atoms in total.